The number of para-hydroxylation sites is 2. The number of cyclic esters (lactones) is 1. The Balaban J connectivity index is 1.36. The highest BCUT2D eigenvalue weighted by Gasteiger charge is 2.40. The van der Waals surface area contributed by atoms with E-state index in [1.165, 1.54) is 9.80 Å². The number of hydrogen-bond donors (Lipinski definition) is 3. The molecule has 3 N–H and O–H groups in total. The van der Waals surface area contributed by atoms with Crippen molar-refractivity contribution < 1.29 is 38.6 Å². The van der Waals surface area contributed by atoms with E-state index in [4.69, 9.17) is 9.47 Å². The molecule has 5 rings (SSSR count). The quantitative estimate of drug-likeness (QED) is 0.316. The average Bonchev–Trinajstić information content (AvgIpc) is 3.33. The minimum absolute atomic E-state index is 0.121. The topological polar surface area (TPSA) is 155 Å². The Morgan fingerprint density at radius 2 is 1.53 bits per heavy atom. The molecule has 0 bridgehead atoms. The summed E-state index contributed by atoms with van der Waals surface area (Å²) in [7, 11) is 0. The summed E-state index contributed by atoms with van der Waals surface area (Å²) in [6, 6.07) is 21.9. The van der Waals surface area contributed by atoms with E-state index in [9.17, 15) is 29.1 Å². The standard InChI is InChI=1S/C31H30N4O8/c36-18-27(38)34-16-23(33-29(40)21-11-5-2-6-12-21)30(41)35(25-14-8-7-13-24(25)34)17-26(37)32-22-15-28(39)43-31(22)42-19-20-9-3-1-4-10-20/h1-14,22-23,31,36H,15-19H2,(H,32,37)(H,33,40)/t22-,23-,31?/m0/s1. The van der Waals surface area contributed by atoms with Crippen molar-refractivity contribution in [2.24, 2.45) is 0 Å². The van der Waals surface area contributed by atoms with Gasteiger partial charge in [-0.1, -0.05) is 60.7 Å². The summed E-state index contributed by atoms with van der Waals surface area (Å²) in [5.74, 6) is -3.04. The van der Waals surface area contributed by atoms with Crippen LogP contribution in [0, 0.1) is 0 Å². The molecule has 3 atom stereocenters. The third-order valence-electron chi connectivity index (χ3n) is 7.04. The Bertz CT molecular complexity index is 1500. The molecule has 1 unspecified atom stereocenters. The maximum absolute atomic E-state index is 13.9. The van der Waals surface area contributed by atoms with Gasteiger partial charge in [-0.15, -0.1) is 0 Å². The van der Waals surface area contributed by atoms with Gasteiger partial charge in [-0.05, 0) is 29.8 Å². The molecule has 1 saturated heterocycles. The molecule has 2 aliphatic rings. The molecule has 0 saturated carbocycles. The number of carbonyl (C=O) groups excluding carboxylic acids is 5. The molecule has 2 aliphatic heterocycles. The number of aliphatic hydroxyl groups is 1. The third-order valence-corrected chi connectivity index (χ3v) is 7.04. The number of aliphatic hydroxyl groups excluding tert-OH is 1. The number of nitrogens with zero attached hydrogens (tertiary/aromatic N) is 2. The number of rotatable bonds is 9. The molecule has 43 heavy (non-hydrogen) atoms. The maximum Gasteiger partial charge on any atom is 0.310 e. The van der Waals surface area contributed by atoms with E-state index in [2.05, 4.69) is 10.6 Å². The van der Waals surface area contributed by atoms with Gasteiger partial charge in [0.05, 0.1) is 30.9 Å². The molecule has 1 fully saturated rings. The number of benzene rings is 3. The molecule has 0 aromatic heterocycles. The second-order valence-electron chi connectivity index (χ2n) is 10.0. The first-order chi connectivity index (χ1) is 20.8. The fourth-order valence-electron chi connectivity index (χ4n) is 4.96. The third kappa shape index (κ3) is 6.88. The Labute approximate surface area is 247 Å². The van der Waals surface area contributed by atoms with E-state index < -0.39 is 61.1 Å². The molecular formula is C31H30N4O8. The van der Waals surface area contributed by atoms with Crippen LogP contribution < -0.4 is 20.4 Å². The van der Waals surface area contributed by atoms with Crippen molar-refractivity contribution in [1.82, 2.24) is 10.6 Å². The largest absolute Gasteiger partial charge is 0.433 e. The van der Waals surface area contributed by atoms with Gasteiger partial charge in [-0.2, -0.15) is 0 Å². The van der Waals surface area contributed by atoms with E-state index >= 15 is 0 Å². The number of amides is 4. The molecule has 3 aromatic carbocycles. The lowest BCUT2D eigenvalue weighted by molar-refractivity contribution is -0.168. The molecular weight excluding hydrogens is 556 g/mol. The van der Waals surface area contributed by atoms with Gasteiger partial charge in [0.1, 0.15) is 25.2 Å². The van der Waals surface area contributed by atoms with Gasteiger partial charge < -0.3 is 30.1 Å². The summed E-state index contributed by atoms with van der Waals surface area (Å²) >= 11 is 0. The lowest BCUT2D eigenvalue weighted by Gasteiger charge is -2.26. The molecule has 3 aromatic rings. The average molecular weight is 587 g/mol. The smallest absolute Gasteiger partial charge is 0.310 e. The van der Waals surface area contributed by atoms with Crippen molar-refractivity contribution in [2.75, 3.05) is 29.5 Å². The highest BCUT2D eigenvalue weighted by atomic mass is 16.7. The molecule has 12 nitrogen and oxygen atoms in total. The van der Waals surface area contributed by atoms with Gasteiger partial charge in [0, 0.05) is 5.56 Å². The molecule has 0 aliphatic carbocycles. The fourth-order valence-corrected chi connectivity index (χ4v) is 4.96. The van der Waals surface area contributed by atoms with Crippen LogP contribution in [0.4, 0.5) is 11.4 Å². The summed E-state index contributed by atoms with van der Waals surface area (Å²) < 4.78 is 11.0. The Morgan fingerprint density at radius 3 is 2.23 bits per heavy atom. The lowest BCUT2D eigenvalue weighted by atomic mass is 10.1. The van der Waals surface area contributed by atoms with Crippen LogP contribution in [0.25, 0.3) is 0 Å². The number of fused-ring (bicyclic) bond motifs is 1. The number of nitrogens with one attached hydrogen (secondary N) is 2. The molecule has 4 amide bonds. The van der Waals surface area contributed by atoms with Gasteiger partial charge in [0.25, 0.3) is 17.7 Å². The van der Waals surface area contributed by atoms with Crippen molar-refractivity contribution in [3.8, 4) is 0 Å². The fraction of sp³-hybridized carbons (Fsp3) is 0.258. The SMILES string of the molecule is O=C(CN1C(=O)[C@@H](NC(=O)c2ccccc2)CN(C(=O)CO)c2ccccc21)N[C@H]1CC(=O)OC1OCc1ccccc1. The molecule has 222 valence electrons. The summed E-state index contributed by atoms with van der Waals surface area (Å²) in [5.41, 5.74) is 1.67. The number of ether oxygens (including phenoxy) is 2. The van der Waals surface area contributed by atoms with Crippen LogP contribution in [-0.4, -0.2) is 72.8 Å². The van der Waals surface area contributed by atoms with Gasteiger partial charge in [-0.25, -0.2) is 0 Å². The second-order valence-corrected chi connectivity index (χ2v) is 10.0. The molecule has 12 heteroatoms. The van der Waals surface area contributed by atoms with Crippen LogP contribution >= 0.6 is 0 Å². The van der Waals surface area contributed by atoms with Crippen LogP contribution in [0.15, 0.2) is 84.9 Å². The van der Waals surface area contributed by atoms with Crippen LogP contribution in [0.5, 0.6) is 0 Å². The van der Waals surface area contributed by atoms with Gasteiger partial charge >= 0.3 is 5.97 Å². The zero-order valence-electron chi connectivity index (χ0n) is 23.0. The van der Waals surface area contributed by atoms with E-state index in [1.54, 1.807) is 54.6 Å². The monoisotopic (exact) mass is 586 g/mol. The normalized spacial score (nSPS) is 19.7. The number of hydrogen-bond acceptors (Lipinski definition) is 8. The van der Waals surface area contributed by atoms with Crippen molar-refractivity contribution in [3.63, 3.8) is 0 Å². The zero-order valence-corrected chi connectivity index (χ0v) is 23.0. The lowest BCUT2D eigenvalue weighted by Crippen LogP contribution is -2.55. The number of carbonyl (C=O) groups is 5. The highest BCUT2D eigenvalue weighted by molar-refractivity contribution is 6.11. The zero-order chi connectivity index (χ0) is 30.3. The first-order valence-corrected chi connectivity index (χ1v) is 13.7. The van der Waals surface area contributed by atoms with Gasteiger partial charge in [-0.3, -0.25) is 28.9 Å². The van der Waals surface area contributed by atoms with Crippen molar-refractivity contribution in [2.45, 2.75) is 31.4 Å². The van der Waals surface area contributed by atoms with Crippen LogP contribution in [0.2, 0.25) is 0 Å². The minimum Gasteiger partial charge on any atom is -0.433 e. The molecule has 2 heterocycles. The Morgan fingerprint density at radius 1 is 0.884 bits per heavy atom. The van der Waals surface area contributed by atoms with E-state index in [1.807, 2.05) is 30.3 Å². The second kappa shape index (κ2) is 13.3. The van der Waals surface area contributed by atoms with Crippen LogP contribution in [0.1, 0.15) is 22.3 Å². The van der Waals surface area contributed by atoms with Gasteiger partial charge in [0.2, 0.25) is 12.2 Å². The predicted molar refractivity (Wildman–Crippen MR) is 154 cm³/mol. The summed E-state index contributed by atoms with van der Waals surface area (Å²) in [4.78, 5) is 67.5. The van der Waals surface area contributed by atoms with E-state index in [0.29, 0.717) is 5.56 Å². The Hall–Kier alpha value is -5.07. The highest BCUT2D eigenvalue weighted by Crippen LogP contribution is 2.33. The van der Waals surface area contributed by atoms with E-state index in [0.717, 1.165) is 5.56 Å². The molecule has 0 radical (unpaired) electrons. The first-order valence-electron chi connectivity index (χ1n) is 13.7. The van der Waals surface area contributed by atoms with Crippen molar-refractivity contribution in [1.29, 1.82) is 0 Å². The summed E-state index contributed by atoms with van der Waals surface area (Å²) in [6.45, 7) is -1.44. The van der Waals surface area contributed by atoms with E-state index in [-0.39, 0.29) is 30.9 Å². The predicted octanol–water partition coefficient (Wildman–Crippen LogP) is 1.13. The van der Waals surface area contributed by atoms with Crippen LogP contribution in [-0.2, 0) is 35.3 Å². The number of anilines is 2. The van der Waals surface area contributed by atoms with Gasteiger partial charge in [0.15, 0.2) is 0 Å². The van der Waals surface area contributed by atoms with Crippen molar-refractivity contribution >= 4 is 41.0 Å². The Kier molecular flexibility index (Phi) is 9.08. The summed E-state index contributed by atoms with van der Waals surface area (Å²) in [5, 5.41) is 15.1. The van der Waals surface area contributed by atoms with Crippen molar-refractivity contribution in [3.05, 3.63) is 96.1 Å². The minimum atomic E-state index is -1.25. The maximum atomic E-state index is 13.9. The number of esters is 1. The molecule has 0 spiro atoms. The first kappa shape index (κ1) is 29.4. The summed E-state index contributed by atoms with van der Waals surface area (Å²) in [6.07, 6.45) is -1.15. The van der Waals surface area contributed by atoms with Crippen LogP contribution in [0.3, 0.4) is 0 Å².